The van der Waals surface area contributed by atoms with E-state index in [4.69, 9.17) is 5.73 Å². The first-order valence-corrected chi connectivity index (χ1v) is 6.56. The number of hydrogen-bond donors (Lipinski definition) is 2. The van der Waals surface area contributed by atoms with Crippen LogP contribution in [0.2, 0.25) is 0 Å². The third-order valence-corrected chi connectivity index (χ3v) is 3.18. The molecule has 2 aromatic heterocycles. The van der Waals surface area contributed by atoms with E-state index in [0.717, 1.165) is 41.8 Å². The van der Waals surface area contributed by atoms with Crippen molar-refractivity contribution in [3.05, 3.63) is 42.9 Å². The van der Waals surface area contributed by atoms with Crippen LogP contribution in [0.1, 0.15) is 6.42 Å². The molecule has 0 bridgehead atoms. The van der Waals surface area contributed by atoms with Gasteiger partial charge in [0.2, 0.25) is 0 Å². The highest BCUT2D eigenvalue weighted by Gasteiger charge is 2.04. The molecule has 3 N–H and O–H groups in total. The van der Waals surface area contributed by atoms with Crippen molar-refractivity contribution >= 4 is 22.3 Å². The van der Waals surface area contributed by atoms with E-state index in [1.165, 1.54) is 0 Å². The van der Waals surface area contributed by atoms with Gasteiger partial charge in [0.05, 0.1) is 23.1 Å². The second-order valence-corrected chi connectivity index (χ2v) is 4.54. The zero-order valence-corrected chi connectivity index (χ0v) is 11.0. The van der Waals surface area contributed by atoms with Crippen LogP contribution in [0, 0.1) is 0 Å². The van der Waals surface area contributed by atoms with E-state index < -0.39 is 0 Å². The summed E-state index contributed by atoms with van der Waals surface area (Å²) in [6, 6.07) is 7.83. The molecule has 0 radical (unpaired) electrons. The molecular weight excluding hydrogens is 252 g/mol. The molecule has 3 rings (SSSR count). The van der Waals surface area contributed by atoms with Crippen molar-refractivity contribution in [1.82, 2.24) is 20.0 Å². The molecule has 1 aromatic carbocycles. The van der Waals surface area contributed by atoms with Crippen molar-refractivity contribution in [3.63, 3.8) is 0 Å². The first-order valence-electron chi connectivity index (χ1n) is 6.56. The third kappa shape index (κ3) is 2.54. The number of rotatable bonds is 5. The number of benzene rings is 1. The number of hydrogen-bond acceptors (Lipinski definition) is 5. The maximum Gasteiger partial charge on any atom is 0.0724 e. The van der Waals surface area contributed by atoms with Crippen molar-refractivity contribution in [2.75, 3.05) is 17.6 Å². The average Bonchev–Trinajstić information content (AvgIpc) is 2.99. The number of nitrogen functional groups attached to an aromatic ring is 1. The van der Waals surface area contributed by atoms with Crippen LogP contribution in [-0.4, -0.2) is 26.5 Å². The predicted molar refractivity (Wildman–Crippen MR) is 79.3 cm³/mol. The molecule has 0 fully saturated rings. The van der Waals surface area contributed by atoms with E-state index in [2.05, 4.69) is 20.6 Å². The number of nitrogens with zero attached hydrogens (tertiary/aromatic N) is 4. The van der Waals surface area contributed by atoms with Gasteiger partial charge in [-0.3, -0.25) is 9.67 Å². The summed E-state index contributed by atoms with van der Waals surface area (Å²) in [5, 5.41) is 12.0. The van der Waals surface area contributed by atoms with Gasteiger partial charge < -0.3 is 11.1 Å². The number of fused-ring (bicyclic) bond motifs is 1. The van der Waals surface area contributed by atoms with Crippen molar-refractivity contribution in [3.8, 4) is 0 Å². The van der Waals surface area contributed by atoms with Gasteiger partial charge >= 0.3 is 0 Å². The molecule has 0 amide bonds. The van der Waals surface area contributed by atoms with Crippen LogP contribution in [0.4, 0.5) is 11.4 Å². The Labute approximate surface area is 116 Å². The van der Waals surface area contributed by atoms with E-state index in [-0.39, 0.29) is 0 Å². The Morgan fingerprint density at radius 1 is 1.20 bits per heavy atom. The Morgan fingerprint density at radius 2 is 2.15 bits per heavy atom. The zero-order valence-electron chi connectivity index (χ0n) is 11.0. The Bertz CT molecular complexity index is 692. The van der Waals surface area contributed by atoms with E-state index in [1.54, 1.807) is 12.4 Å². The summed E-state index contributed by atoms with van der Waals surface area (Å²) in [4.78, 5) is 4.29. The summed E-state index contributed by atoms with van der Waals surface area (Å²) in [5.41, 5.74) is 8.78. The number of aryl methyl sites for hydroxylation is 1. The van der Waals surface area contributed by atoms with Gasteiger partial charge in [-0.15, -0.1) is 5.10 Å². The van der Waals surface area contributed by atoms with E-state index in [1.807, 2.05) is 35.1 Å². The van der Waals surface area contributed by atoms with Gasteiger partial charge in [0.15, 0.2) is 0 Å². The average molecular weight is 268 g/mol. The summed E-state index contributed by atoms with van der Waals surface area (Å²) in [6.45, 7) is 1.66. The normalized spacial score (nSPS) is 10.8. The number of pyridine rings is 1. The zero-order chi connectivity index (χ0) is 13.8. The van der Waals surface area contributed by atoms with Crippen LogP contribution in [0.5, 0.6) is 0 Å². The lowest BCUT2D eigenvalue weighted by atomic mass is 10.1. The number of nitrogens with one attached hydrogen (secondary N) is 1. The summed E-state index contributed by atoms with van der Waals surface area (Å²) < 4.78 is 1.81. The van der Waals surface area contributed by atoms with Crippen molar-refractivity contribution in [1.29, 1.82) is 0 Å². The molecule has 0 aliphatic heterocycles. The highest BCUT2D eigenvalue weighted by molar-refractivity contribution is 5.96. The molecule has 0 unspecified atom stereocenters. The largest absolute Gasteiger partial charge is 0.397 e. The van der Waals surface area contributed by atoms with Gasteiger partial charge in [0, 0.05) is 30.9 Å². The second-order valence-electron chi connectivity index (χ2n) is 4.54. The number of aromatic nitrogens is 4. The van der Waals surface area contributed by atoms with Crippen LogP contribution < -0.4 is 11.1 Å². The minimum Gasteiger partial charge on any atom is -0.397 e. The minimum absolute atomic E-state index is 0.747. The maximum absolute atomic E-state index is 6.17. The molecule has 6 heteroatoms. The van der Waals surface area contributed by atoms with Crippen LogP contribution in [0.25, 0.3) is 10.9 Å². The summed E-state index contributed by atoms with van der Waals surface area (Å²) >= 11 is 0. The Kier molecular flexibility index (Phi) is 3.45. The van der Waals surface area contributed by atoms with E-state index >= 15 is 0 Å². The molecule has 0 aliphatic carbocycles. The highest BCUT2D eigenvalue weighted by atomic mass is 15.4. The number of nitrogens with two attached hydrogens (primary N) is 1. The number of anilines is 2. The predicted octanol–water partition coefficient (Wildman–Crippen LogP) is 1.91. The molecule has 2 heterocycles. The smallest absolute Gasteiger partial charge is 0.0724 e. The van der Waals surface area contributed by atoms with Gasteiger partial charge in [-0.25, -0.2) is 0 Å². The lowest BCUT2D eigenvalue weighted by Crippen LogP contribution is -2.08. The van der Waals surface area contributed by atoms with Gasteiger partial charge in [0.1, 0.15) is 0 Å². The standard InChI is InChI=1S/C14H16N6/c15-14-11-3-1-6-16-12(11)4-5-13(14)17-7-2-9-20-10-8-18-19-20/h1,3-6,8,10,17H,2,7,9,15H2. The Balaban J connectivity index is 1.64. The topological polar surface area (TPSA) is 81.6 Å². The minimum atomic E-state index is 0.747. The summed E-state index contributed by atoms with van der Waals surface area (Å²) in [5.74, 6) is 0. The quantitative estimate of drug-likeness (QED) is 0.545. The Morgan fingerprint density at radius 3 is 3.00 bits per heavy atom. The van der Waals surface area contributed by atoms with Gasteiger partial charge in [0.25, 0.3) is 0 Å². The highest BCUT2D eigenvalue weighted by Crippen LogP contribution is 2.27. The molecule has 0 saturated carbocycles. The Hall–Kier alpha value is -2.63. The first-order chi connectivity index (χ1) is 9.84. The fraction of sp³-hybridized carbons (Fsp3) is 0.214. The van der Waals surface area contributed by atoms with E-state index in [0.29, 0.717) is 0 Å². The second kappa shape index (κ2) is 5.56. The maximum atomic E-state index is 6.17. The van der Waals surface area contributed by atoms with Crippen molar-refractivity contribution in [2.24, 2.45) is 0 Å². The fourth-order valence-electron chi connectivity index (χ4n) is 2.15. The molecule has 0 aliphatic rings. The monoisotopic (exact) mass is 268 g/mol. The van der Waals surface area contributed by atoms with Crippen molar-refractivity contribution < 1.29 is 0 Å². The van der Waals surface area contributed by atoms with E-state index in [9.17, 15) is 0 Å². The molecule has 0 spiro atoms. The molecule has 102 valence electrons. The lowest BCUT2D eigenvalue weighted by molar-refractivity contribution is 0.570. The lowest BCUT2D eigenvalue weighted by Gasteiger charge is -2.11. The third-order valence-electron chi connectivity index (χ3n) is 3.18. The summed E-state index contributed by atoms with van der Waals surface area (Å²) in [6.07, 6.45) is 6.26. The van der Waals surface area contributed by atoms with Crippen LogP contribution >= 0.6 is 0 Å². The first kappa shape index (κ1) is 12.4. The van der Waals surface area contributed by atoms with Gasteiger partial charge in [-0.05, 0) is 30.7 Å². The molecule has 6 nitrogen and oxygen atoms in total. The van der Waals surface area contributed by atoms with Gasteiger partial charge in [-0.2, -0.15) is 0 Å². The molecule has 0 saturated heterocycles. The van der Waals surface area contributed by atoms with Crippen LogP contribution in [-0.2, 0) is 6.54 Å². The fourth-order valence-corrected chi connectivity index (χ4v) is 2.15. The van der Waals surface area contributed by atoms with Crippen LogP contribution in [0.3, 0.4) is 0 Å². The van der Waals surface area contributed by atoms with Gasteiger partial charge in [-0.1, -0.05) is 5.21 Å². The molecule has 20 heavy (non-hydrogen) atoms. The van der Waals surface area contributed by atoms with Crippen LogP contribution in [0.15, 0.2) is 42.9 Å². The van der Waals surface area contributed by atoms with Crippen molar-refractivity contribution in [2.45, 2.75) is 13.0 Å². The SMILES string of the molecule is Nc1c(NCCCn2ccnn2)ccc2ncccc12. The molecule has 3 aromatic rings. The molecule has 0 atom stereocenters. The molecular formula is C14H16N6. The summed E-state index contributed by atoms with van der Waals surface area (Å²) in [7, 11) is 0.